The molecule has 0 aliphatic carbocycles. The number of nitrogens with zero attached hydrogens (tertiary/aromatic N) is 2. The Morgan fingerprint density at radius 1 is 1.28 bits per heavy atom. The summed E-state index contributed by atoms with van der Waals surface area (Å²) in [5.41, 5.74) is 2.49. The summed E-state index contributed by atoms with van der Waals surface area (Å²) in [5, 5.41) is 1.97. The van der Waals surface area contributed by atoms with Gasteiger partial charge in [0.2, 0.25) is 5.78 Å². The third kappa shape index (κ3) is 3.36. The van der Waals surface area contributed by atoms with Crippen molar-refractivity contribution in [2.24, 2.45) is 0 Å². The van der Waals surface area contributed by atoms with Crippen LogP contribution in [-0.2, 0) is 14.3 Å². The van der Waals surface area contributed by atoms with Crippen LogP contribution in [0.3, 0.4) is 0 Å². The number of imidazole rings is 1. The van der Waals surface area contributed by atoms with E-state index >= 15 is 0 Å². The topological polar surface area (TPSA) is 77.7 Å². The second-order valence-corrected chi connectivity index (χ2v) is 6.38. The van der Waals surface area contributed by atoms with Gasteiger partial charge in [-0.25, -0.2) is 9.78 Å². The molecule has 3 rings (SSSR count). The number of carbonyl (C=O) groups excluding carboxylic acids is 3. The highest BCUT2D eigenvalue weighted by Crippen LogP contribution is 2.30. The van der Waals surface area contributed by atoms with Crippen LogP contribution in [-0.4, -0.2) is 33.5 Å². The van der Waals surface area contributed by atoms with Gasteiger partial charge in [-0.3, -0.25) is 14.0 Å². The number of esters is 1. The first-order valence-electron chi connectivity index (χ1n) is 7.77. The van der Waals surface area contributed by atoms with Crippen molar-refractivity contribution in [2.45, 2.75) is 20.3 Å². The fraction of sp³-hybridized carbons (Fsp3) is 0.222. The van der Waals surface area contributed by atoms with E-state index in [1.807, 2.05) is 24.4 Å². The Morgan fingerprint density at radius 2 is 2.08 bits per heavy atom. The first kappa shape index (κ1) is 17.0. The van der Waals surface area contributed by atoms with Crippen LogP contribution in [0.15, 0.2) is 35.8 Å². The zero-order valence-corrected chi connectivity index (χ0v) is 14.6. The van der Waals surface area contributed by atoms with Gasteiger partial charge in [-0.1, -0.05) is 6.07 Å². The first-order chi connectivity index (χ1) is 12.0. The normalized spacial score (nSPS) is 10.8. The van der Waals surface area contributed by atoms with Crippen LogP contribution in [0.1, 0.15) is 29.4 Å². The van der Waals surface area contributed by atoms with Crippen molar-refractivity contribution in [1.82, 2.24) is 9.38 Å². The van der Waals surface area contributed by atoms with Gasteiger partial charge in [0.25, 0.3) is 0 Å². The van der Waals surface area contributed by atoms with Crippen LogP contribution in [0, 0.1) is 6.92 Å². The van der Waals surface area contributed by atoms with Crippen LogP contribution in [0.4, 0.5) is 0 Å². The number of aromatic nitrogens is 2. The Morgan fingerprint density at radius 3 is 2.76 bits per heavy atom. The smallest absolute Gasteiger partial charge is 0.375 e. The van der Waals surface area contributed by atoms with E-state index in [0.29, 0.717) is 17.0 Å². The molecule has 0 spiro atoms. The molecule has 0 saturated carbocycles. The summed E-state index contributed by atoms with van der Waals surface area (Å²) in [5.74, 6) is -2.30. The lowest BCUT2D eigenvalue weighted by Crippen LogP contribution is -2.21. The number of aryl methyl sites for hydroxylation is 1. The highest BCUT2D eigenvalue weighted by atomic mass is 32.1. The van der Waals surface area contributed by atoms with E-state index in [0.717, 1.165) is 10.4 Å². The molecular formula is C18H16N2O4S. The Labute approximate surface area is 148 Å². The van der Waals surface area contributed by atoms with E-state index in [1.165, 1.54) is 11.3 Å². The van der Waals surface area contributed by atoms with Gasteiger partial charge < -0.3 is 4.74 Å². The molecule has 0 bridgehead atoms. The molecule has 128 valence electrons. The standard InChI is InChI=1S/C18H16N2O4S/c1-3-24-18(23)13(22)9-12(21)17-16(14-8-11(2)10-25-14)19-15-6-4-5-7-20(15)17/h4-8,10H,3,9H2,1-2H3. The van der Waals surface area contributed by atoms with Crippen molar-refractivity contribution in [3.05, 3.63) is 47.1 Å². The summed E-state index contributed by atoms with van der Waals surface area (Å²) >= 11 is 1.48. The quantitative estimate of drug-likeness (QED) is 0.294. The number of Topliss-reactive ketones (excluding diaryl/α,β-unsaturated/α-hetero) is 2. The number of carbonyl (C=O) groups is 3. The molecule has 0 atom stereocenters. The van der Waals surface area contributed by atoms with Gasteiger partial charge in [0, 0.05) is 6.20 Å². The number of rotatable bonds is 6. The van der Waals surface area contributed by atoms with Crippen molar-refractivity contribution in [3.8, 4) is 10.6 Å². The fourth-order valence-corrected chi connectivity index (χ4v) is 3.39. The maximum absolute atomic E-state index is 12.8. The summed E-state index contributed by atoms with van der Waals surface area (Å²) in [6, 6.07) is 7.33. The highest BCUT2D eigenvalue weighted by Gasteiger charge is 2.26. The van der Waals surface area contributed by atoms with Crippen LogP contribution in [0.2, 0.25) is 0 Å². The zero-order chi connectivity index (χ0) is 18.0. The van der Waals surface area contributed by atoms with Crippen molar-refractivity contribution in [3.63, 3.8) is 0 Å². The van der Waals surface area contributed by atoms with Gasteiger partial charge in [0.15, 0.2) is 5.78 Å². The fourth-order valence-electron chi connectivity index (χ4n) is 2.50. The molecule has 0 N–H and O–H groups in total. The largest absolute Gasteiger partial charge is 0.460 e. The minimum Gasteiger partial charge on any atom is -0.460 e. The van der Waals surface area contributed by atoms with Gasteiger partial charge in [0.1, 0.15) is 17.0 Å². The van der Waals surface area contributed by atoms with E-state index in [9.17, 15) is 14.4 Å². The van der Waals surface area contributed by atoms with Crippen LogP contribution in [0.5, 0.6) is 0 Å². The van der Waals surface area contributed by atoms with E-state index in [4.69, 9.17) is 0 Å². The summed E-state index contributed by atoms with van der Waals surface area (Å²) in [4.78, 5) is 41.6. The number of thiophene rings is 1. The Bertz CT molecular complexity index is 971. The van der Waals surface area contributed by atoms with Crippen LogP contribution in [0.25, 0.3) is 16.2 Å². The van der Waals surface area contributed by atoms with E-state index < -0.39 is 24.0 Å². The molecule has 7 heteroatoms. The van der Waals surface area contributed by atoms with Crippen molar-refractivity contribution < 1.29 is 19.1 Å². The van der Waals surface area contributed by atoms with Gasteiger partial charge in [-0.15, -0.1) is 11.3 Å². The first-order valence-corrected chi connectivity index (χ1v) is 8.65. The number of pyridine rings is 1. The number of hydrogen-bond donors (Lipinski definition) is 0. The van der Waals surface area contributed by atoms with Crippen LogP contribution >= 0.6 is 11.3 Å². The van der Waals surface area contributed by atoms with Gasteiger partial charge >= 0.3 is 5.97 Å². The molecule has 3 aromatic heterocycles. The lowest BCUT2D eigenvalue weighted by Gasteiger charge is -2.03. The lowest BCUT2D eigenvalue weighted by atomic mass is 10.1. The Kier molecular flexibility index (Phi) is 4.76. The summed E-state index contributed by atoms with van der Waals surface area (Å²) in [6.45, 7) is 3.66. The van der Waals surface area contributed by atoms with Crippen molar-refractivity contribution in [1.29, 1.82) is 0 Å². The van der Waals surface area contributed by atoms with E-state index in [2.05, 4.69) is 9.72 Å². The molecule has 0 fully saturated rings. The molecule has 0 aliphatic rings. The molecule has 3 heterocycles. The molecule has 0 radical (unpaired) electrons. The molecule has 0 saturated heterocycles. The average Bonchev–Trinajstić information content (AvgIpc) is 3.18. The van der Waals surface area contributed by atoms with Gasteiger partial charge in [-0.05, 0) is 43.0 Å². The number of ether oxygens (including phenoxy) is 1. The predicted octanol–water partition coefficient (Wildman–Crippen LogP) is 3.08. The molecule has 0 unspecified atom stereocenters. The molecule has 0 aliphatic heterocycles. The van der Waals surface area contributed by atoms with E-state index in [-0.39, 0.29) is 6.61 Å². The average molecular weight is 356 g/mol. The van der Waals surface area contributed by atoms with Gasteiger partial charge in [-0.2, -0.15) is 0 Å². The summed E-state index contributed by atoms with van der Waals surface area (Å²) < 4.78 is 6.31. The second kappa shape index (κ2) is 6.98. The molecular weight excluding hydrogens is 340 g/mol. The zero-order valence-electron chi connectivity index (χ0n) is 13.8. The molecule has 25 heavy (non-hydrogen) atoms. The summed E-state index contributed by atoms with van der Waals surface area (Å²) in [6.07, 6.45) is 1.17. The number of fused-ring (bicyclic) bond motifs is 1. The summed E-state index contributed by atoms with van der Waals surface area (Å²) in [7, 11) is 0. The highest BCUT2D eigenvalue weighted by molar-refractivity contribution is 7.13. The predicted molar refractivity (Wildman–Crippen MR) is 93.8 cm³/mol. The third-order valence-corrected chi connectivity index (χ3v) is 4.64. The maximum Gasteiger partial charge on any atom is 0.375 e. The number of hydrogen-bond acceptors (Lipinski definition) is 6. The minimum atomic E-state index is -0.988. The van der Waals surface area contributed by atoms with E-state index in [1.54, 1.807) is 29.7 Å². The Balaban J connectivity index is 2.03. The molecule has 0 amide bonds. The molecule has 3 aromatic rings. The SMILES string of the molecule is CCOC(=O)C(=O)CC(=O)c1c(-c2cc(C)cs2)nc2ccccn12. The second-order valence-electron chi connectivity index (χ2n) is 5.47. The maximum atomic E-state index is 12.8. The van der Waals surface area contributed by atoms with Crippen LogP contribution < -0.4 is 0 Å². The third-order valence-electron chi connectivity index (χ3n) is 3.58. The number of ketones is 2. The monoisotopic (exact) mass is 356 g/mol. The molecule has 6 nitrogen and oxygen atoms in total. The van der Waals surface area contributed by atoms with Crippen molar-refractivity contribution >= 4 is 34.5 Å². The lowest BCUT2D eigenvalue weighted by molar-refractivity contribution is -0.153. The molecule has 0 aromatic carbocycles. The van der Waals surface area contributed by atoms with Gasteiger partial charge in [0.05, 0.1) is 17.9 Å². The van der Waals surface area contributed by atoms with Crippen molar-refractivity contribution in [2.75, 3.05) is 6.61 Å². The minimum absolute atomic E-state index is 0.0914. The Hall–Kier alpha value is -2.80.